The summed E-state index contributed by atoms with van der Waals surface area (Å²) in [7, 11) is 0. The number of hydrogen-bond acceptors (Lipinski definition) is 2. The lowest BCUT2D eigenvalue weighted by Crippen LogP contribution is -2.28. The van der Waals surface area contributed by atoms with Gasteiger partial charge in [-0.05, 0) is 24.3 Å². The van der Waals surface area contributed by atoms with Crippen LogP contribution in [0.5, 0.6) is 0 Å². The summed E-state index contributed by atoms with van der Waals surface area (Å²) in [5.74, 6) is 1.62. The number of carbonyl (C=O) groups excluding carboxylic acids is 1. The van der Waals surface area contributed by atoms with E-state index in [1.54, 1.807) is 0 Å². The lowest BCUT2D eigenvalue weighted by atomic mass is 9.73. The fraction of sp³-hybridized carbons (Fsp3) is 0.643. The number of ketones is 1. The van der Waals surface area contributed by atoms with Gasteiger partial charge >= 0.3 is 0 Å². The molecule has 2 aliphatic carbocycles. The molecule has 0 N–H and O–H groups in total. The molecular weight excluding hydrogens is 200 g/mol. The van der Waals surface area contributed by atoms with E-state index in [-0.39, 0.29) is 11.5 Å². The molecule has 2 bridgehead atoms. The van der Waals surface area contributed by atoms with Gasteiger partial charge in [-0.15, -0.1) is 0 Å². The van der Waals surface area contributed by atoms with Crippen LogP contribution >= 0.6 is 0 Å². The molecule has 0 saturated heterocycles. The molecule has 2 heteroatoms. The standard InChI is InChI=1S/C14H18O2/c1-14(2)7-11(15)13-9-3-5-10(6-4-9)16-12(13)8-14/h3,5,9-10H,4,6-8H2,1-2H3/t9-,10+/m1/s1. The highest BCUT2D eigenvalue weighted by Crippen LogP contribution is 2.44. The quantitative estimate of drug-likeness (QED) is 0.584. The van der Waals surface area contributed by atoms with Gasteiger partial charge in [-0.1, -0.05) is 19.9 Å². The molecule has 2 atom stereocenters. The Morgan fingerprint density at radius 2 is 2.06 bits per heavy atom. The third kappa shape index (κ3) is 1.51. The average Bonchev–Trinajstić information content (AvgIpc) is 2.43. The molecule has 2 nitrogen and oxygen atoms in total. The Kier molecular flexibility index (Phi) is 2.04. The second-order valence-electron chi connectivity index (χ2n) is 6.00. The predicted molar refractivity (Wildman–Crippen MR) is 61.8 cm³/mol. The second-order valence-corrected chi connectivity index (χ2v) is 6.00. The van der Waals surface area contributed by atoms with Crippen molar-refractivity contribution < 1.29 is 9.53 Å². The summed E-state index contributed by atoms with van der Waals surface area (Å²) in [5.41, 5.74) is 1.05. The fourth-order valence-electron chi connectivity index (χ4n) is 3.11. The maximum absolute atomic E-state index is 12.2. The number of rotatable bonds is 0. The zero-order chi connectivity index (χ0) is 11.3. The van der Waals surface area contributed by atoms with Crippen LogP contribution in [0.15, 0.2) is 23.5 Å². The molecule has 0 aromatic carbocycles. The van der Waals surface area contributed by atoms with E-state index in [2.05, 4.69) is 26.0 Å². The van der Waals surface area contributed by atoms with Crippen molar-refractivity contribution in [3.63, 3.8) is 0 Å². The Bertz CT molecular complexity index is 401. The van der Waals surface area contributed by atoms with Gasteiger partial charge in [0.25, 0.3) is 0 Å². The molecule has 2 heterocycles. The molecule has 16 heavy (non-hydrogen) atoms. The molecule has 0 saturated carbocycles. The molecule has 4 aliphatic rings. The summed E-state index contributed by atoms with van der Waals surface area (Å²) in [5, 5.41) is 0. The zero-order valence-electron chi connectivity index (χ0n) is 9.95. The first-order valence-electron chi connectivity index (χ1n) is 6.16. The van der Waals surface area contributed by atoms with Crippen molar-refractivity contribution in [2.75, 3.05) is 0 Å². The molecule has 0 aromatic rings. The van der Waals surface area contributed by atoms with Gasteiger partial charge in [0.05, 0.1) is 0 Å². The third-order valence-corrected chi connectivity index (χ3v) is 3.86. The van der Waals surface area contributed by atoms with Crippen molar-refractivity contribution in [1.29, 1.82) is 0 Å². The van der Waals surface area contributed by atoms with E-state index >= 15 is 0 Å². The topological polar surface area (TPSA) is 26.3 Å². The van der Waals surface area contributed by atoms with Gasteiger partial charge in [-0.2, -0.15) is 0 Å². The van der Waals surface area contributed by atoms with Crippen molar-refractivity contribution >= 4 is 5.78 Å². The Morgan fingerprint density at radius 3 is 2.75 bits per heavy atom. The molecular formula is C14H18O2. The largest absolute Gasteiger partial charge is 0.490 e. The predicted octanol–water partition coefficient (Wildman–Crippen LogP) is 2.99. The number of allylic oxidation sites excluding steroid dienone is 3. The monoisotopic (exact) mass is 218 g/mol. The highest BCUT2D eigenvalue weighted by molar-refractivity contribution is 5.98. The van der Waals surface area contributed by atoms with Gasteiger partial charge in [-0.25, -0.2) is 0 Å². The number of fused-ring (bicyclic) bond motifs is 1. The molecule has 0 unspecified atom stereocenters. The molecule has 0 amide bonds. The van der Waals surface area contributed by atoms with Crippen LogP contribution in [0.2, 0.25) is 0 Å². The van der Waals surface area contributed by atoms with Crippen LogP contribution in [0, 0.1) is 11.3 Å². The molecule has 0 fully saturated rings. The molecule has 0 radical (unpaired) electrons. The van der Waals surface area contributed by atoms with Crippen LogP contribution in [-0.4, -0.2) is 11.9 Å². The summed E-state index contributed by atoms with van der Waals surface area (Å²) < 4.78 is 5.98. The van der Waals surface area contributed by atoms with Crippen LogP contribution in [0.25, 0.3) is 0 Å². The lowest BCUT2D eigenvalue weighted by Gasteiger charge is -2.32. The first-order valence-corrected chi connectivity index (χ1v) is 6.16. The van der Waals surface area contributed by atoms with Crippen molar-refractivity contribution in [1.82, 2.24) is 0 Å². The maximum atomic E-state index is 12.2. The Hall–Kier alpha value is -1.05. The van der Waals surface area contributed by atoms with Gasteiger partial charge in [-0.3, -0.25) is 4.79 Å². The molecule has 86 valence electrons. The number of Topliss-reactive ketones (excluding diaryl/α,β-unsaturated/α-hetero) is 1. The smallest absolute Gasteiger partial charge is 0.163 e. The van der Waals surface area contributed by atoms with Crippen molar-refractivity contribution in [3.8, 4) is 0 Å². The first-order chi connectivity index (χ1) is 7.55. The Labute approximate surface area is 96.4 Å². The summed E-state index contributed by atoms with van der Waals surface area (Å²) in [6.45, 7) is 4.30. The van der Waals surface area contributed by atoms with Crippen LogP contribution in [0.3, 0.4) is 0 Å². The maximum Gasteiger partial charge on any atom is 0.163 e. The average molecular weight is 218 g/mol. The van der Waals surface area contributed by atoms with E-state index in [0.29, 0.717) is 18.1 Å². The van der Waals surface area contributed by atoms with E-state index in [1.165, 1.54) is 0 Å². The van der Waals surface area contributed by atoms with Crippen LogP contribution in [0.4, 0.5) is 0 Å². The van der Waals surface area contributed by atoms with Crippen molar-refractivity contribution in [3.05, 3.63) is 23.5 Å². The van der Waals surface area contributed by atoms with E-state index in [9.17, 15) is 4.79 Å². The van der Waals surface area contributed by atoms with Crippen molar-refractivity contribution in [2.45, 2.75) is 45.6 Å². The summed E-state index contributed by atoms with van der Waals surface area (Å²) in [4.78, 5) is 12.2. The van der Waals surface area contributed by atoms with Gasteiger partial charge in [0, 0.05) is 24.3 Å². The molecule has 2 aliphatic heterocycles. The highest BCUT2D eigenvalue weighted by atomic mass is 16.5. The van der Waals surface area contributed by atoms with E-state index in [1.807, 2.05) is 0 Å². The second kappa shape index (κ2) is 3.22. The highest BCUT2D eigenvalue weighted by Gasteiger charge is 2.40. The summed E-state index contributed by atoms with van der Waals surface area (Å²) in [6, 6.07) is 0. The minimum atomic E-state index is 0.0691. The Morgan fingerprint density at radius 1 is 1.25 bits per heavy atom. The number of carbonyl (C=O) groups is 1. The molecule has 4 rings (SSSR count). The normalized spacial score (nSPS) is 35.8. The fourth-order valence-corrected chi connectivity index (χ4v) is 3.11. The van der Waals surface area contributed by atoms with E-state index < -0.39 is 0 Å². The SMILES string of the molecule is CC1(C)CC(=O)C2=C(C1)O[C@H]1C=C[C@@H]2CC1. The van der Waals surface area contributed by atoms with Gasteiger partial charge in [0.2, 0.25) is 0 Å². The zero-order valence-corrected chi connectivity index (χ0v) is 9.95. The third-order valence-electron chi connectivity index (χ3n) is 3.86. The first kappa shape index (κ1) is 10.1. The summed E-state index contributed by atoms with van der Waals surface area (Å²) in [6.07, 6.45) is 8.24. The lowest BCUT2D eigenvalue weighted by molar-refractivity contribution is -0.119. The minimum absolute atomic E-state index is 0.0691. The van der Waals surface area contributed by atoms with Gasteiger partial charge in [0.1, 0.15) is 11.9 Å². The van der Waals surface area contributed by atoms with Crippen LogP contribution < -0.4 is 0 Å². The molecule has 0 spiro atoms. The Balaban J connectivity index is 2.04. The number of hydrogen-bond donors (Lipinski definition) is 0. The van der Waals surface area contributed by atoms with Gasteiger partial charge < -0.3 is 4.74 Å². The molecule has 0 aromatic heterocycles. The van der Waals surface area contributed by atoms with Crippen LogP contribution in [0.1, 0.15) is 39.5 Å². The van der Waals surface area contributed by atoms with Crippen molar-refractivity contribution in [2.24, 2.45) is 11.3 Å². The van der Waals surface area contributed by atoms with E-state index in [0.717, 1.165) is 30.6 Å². The minimum Gasteiger partial charge on any atom is -0.490 e. The van der Waals surface area contributed by atoms with E-state index in [4.69, 9.17) is 4.74 Å². The summed E-state index contributed by atoms with van der Waals surface area (Å²) >= 11 is 0. The van der Waals surface area contributed by atoms with Gasteiger partial charge in [0.15, 0.2) is 5.78 Å². The van der Waals surface area contributed by atoms with Crippen LogP contribution in [-0.2, 0) is 9.53 Å². The number of ether oxygens (including phenoxy) is 1.